The number of carbonyl (C=O) groups excluding carboxylic acids is 2. The molecule has 0 radical (unpaired) electrons. The quantitative estimate of drug-likeness (QED) is 0.910. The summed E-state index contributed by atoms with van der Waals surface area (Å²) >= 11 is 1.61. The summed E-state index contributed by atoms with van der Waals surface area (Å²) in [5.41, 5.74) is 3.94. The van der Waals surface area contributed by atoms with Gasteiger partial charge in [-0.2, -0.15) is 0 Å². The maximum atomic E-state index is 12.3. The lowest BCUT2D eigenvalue weighted by Crippen LogP contribution is -2.26. The van der Waals surface area contributed by atoms with Crippen molar-refractivity contribution in [1.82, 2.24) is 15.3 Å². The lowest BCUT2D eigenvalue weighted by atomic mass is 9.94. The minimum Gasteiger partial charge on any atom is -0.354 e. The lowest BCUT2D eigenvalue weighted by molar-refractivity contribution is 0.0948. The molecule has 0 fully saturated rings. The van der Waals surface area contributed by atoms with Crippen molar-refractivity contribution < 1.29 is 9.59 Å². The van der Waals surface area contributed by atoms with Gasteiger partial charge >= 0.3 is 0 Å². The van der Waals surface area contributed by atoms with Crippen LogP contribution in [-0.4, -0.2) is 28.2 Å². The normalized spacial score (nSPS) is 14.0. The van der Waals surface area contributed by atoms with Crippen LogP contribution in [0.1, 0.15) is 55.6 Å². The molecule has 1 aliphatic carbocycles. The molecule has 0 saturated carbocycles. The summed E-state index contributed by atoms with van der Waals surface area (Å²) in [5.74, 6) is -0.00125. The largest absolute Gasteiger partial charge is 0.354 e. The van der Waals surface area contributed by atoms with Gasteiger partial charge in [0.05, 0.1) is 10.7 Å². The molecule has 0 bridgehead atoms. The van der Waals surface area contributed by atoms with Gasteiger partial charge in [-0.1, -0.05) is 0 Å². The van der Waals surface area contributed by atoms with E-state index in [-0.39, 0.29) is 11.7 Å². The second-order valence-electron chi connectivity index (χ2n) is 5.62. The van der Waals surface area contributed by atoms with E-state index in [2.05, 4.69) is 15.3 Å². The zero-order valence-electron chi connectivity index (χ0n) is 12.8. The Labute approximate surface area is 133 Å². The number of aromatic nitrogens is 2. The van der Waals surface area contributed by atoms with Gasteiger partial charge in [-0.25, -0.2) is 4.98 Å². The van der Waals surface area contributed by atoms with Gasteiger partial charge in [-0.15, -0.1) is 11.3 Å². The van der Waals surface area contributed by atoms with Crippen LogP contribution in [0.15, 0.2) is 5.38 Å². The number of nitrogens with zero attached hydrogens (tertiary/aromatic N) is 1. The van der Waals surface area contributed by atoms with Crippen molar-refractivity contribution in [2.24, 2.45) is 0 Å². The van der Waals surface area contributed by atoms with Crippen molar-refractivity contribution in [3.05, 3.63) is 38.6 Å². The summed E-state index contributed by atoms with van der Waals surface area (Å²) in [4.78, 5) is 31.8. The Bertz CT molecular complexity index is 730. The second-order valence-corrected chi connectivity index (χ2v) is 6.68. The summed E-state index contributed by atoms with van der Waals surface area (Å²) < 4.78 is 0. The van der Waals surface area contributed by atoms with Crippen molar-refractivity contribution in [2.45, 2.75) is 39.5 Å². The monoisotopic (exact) mass is 317 g/mol. The van der Waals surface area contributed by atoms with Crippen molar-refractivity contribution in [2.75, 3.05) is 6.54 Å². The van der Waals surface area contributed by atoms with E-state index in [0.717, 1.165) is 40.4 Å². The number of hydrogen-bond donors (Lipinski definition) is 2. The number of H-pyrrole nitrogens is 1. The van der Waals surface area contributed by atoms with Gasteiger partial charge in [0.25, 0.3) is 5.91 Å². The number of nitrogens with one attached hydrogen (secondary N) is 2. The Morgan fingerprint density at radius 1 is 1.41 bits per heavy atom. The highest BCUT2D eigenvalue weighted by Crippen LogP contribution is 2.26. The first-order chi connectivity index (χ1) is 10.6. The number of rotatable bonds is 4. The lowest BCUT2D eigenvalue weighted by Gasteiger charge is -2.09. The molecule has 1 aliphatic rings. The van der Waals surface area contributed by atoms with Gasteiger partial charge in [0.15, 0.2) is 5.78 Å². The molecule has 3 rings (SSSR count). The summed E-state index contributed by atoms with van der Waals surface area (Å²) in [6, 6.07) is 0. The first-order valence-electron chi connectivity index (χ1n) is 7.50. The van der Waals surface area contributed by atoms with E-state index in [1.165, 1.54) is 0 Å². The zero-order valence-corrected chi connectivity index (χ0v) is 13.6. The van der Waals surface area contributed by atoms with Crippen LogP contribution in [0.2, 0.25) is 0 Å². The Balaban J connectivity index is 1.66. The third-order valence-electron chi connectivity index (χ3n) is 4.00. The molecule has 0 aliphatic heterocycles. The molecule has 0 saturated heterocycles. The van der Waals surface area contributed by atoms with E-state index >= 15 is 0 Å². The number of amides is 1. The highest BCUT2D eigenvalue weighted by Gasteiger charge is 2.26. The van der Waals surface area contributed by atoms with Crippen LogP contribution in [0.4, 0.5) is 0 Å². The molecule has 1 amide bonds. The van der Waals surface area contributed by atoms with Crippen LogP contribution < -0.4 is 5.32 Å². The number of ketones is 1. The molecule has 5 nitrogen and oxygen atoms in total. The summed E-state index contributed by atoms with van der Waals surface area (Å²) in [6.45, 7) is 4.35. The van der Waals surface area contributed by atoms with Crippen LogP contribution in [0, 0.1) is 13.8 Å². The van der Waals surface area contributed by atoms with Crippen molar-refractivity contribution in [3.8, 4) is 0 Å². The molecule has 116 valence electrons. The van der Waals surface area contributed by atoms with Crippen molar-refractivity contribution in [3.63, 3.8) is 0 Å². The second kappa shape index (κ2) is 6.04. The molecule has 0 spiro atoms. The van der Waals surface area contributed by atoms with E-state index in [0.29, 0.717) is 25.1 Å². The molecule has 22 heavy (non-hydrogen) atoms. The fourth-order valence-electron chi connectivity index (χ4n) is 2.92. The molecule has 0 aromatic carbocycles. The zero-order chi connectivity index (χ0) is 15.7. The summed E-state index contributed by atoms with van der Waals surface area (Å²) in [6.07, 6.45) is 2.99. The maximum Gasteiger partial charge on any atom is 0.268 e. The van der Waals surface area contributed by atoms with Crippen LogP contribution in [0.3, 0.4) is 0 Å². The highest BCUT2D eigenvalue weighted by atomic mass is 32.1. The van der Waals surface area contributed by atoms with Crippen LogP contribution >= 0.6 is 11.3 Å². The van der Waals surface area contributed by atoms with Gasteiger partial charge < -0.3 is 10.3 Å². The predicted molar refractivity (Wildman–Crippen MR) is 85.7 cm³/mol. The van der Waals surface area contributed by atoms with Crippen LogP contribution in [0.25, 0.3) is 0 Å². The fraction of sp³-hybridized carbons (Fsp3) is 0.438. The molecular weight excluding hydrogens is 298 g/mol. The molecule has 6 heteroatoms. The number of aromatic amines is 1. The standard InChI is InChI=1S/C16H19N3O2S/c1-9-14-12(4-3-5-13(14)20)19-15(9)16(21)17-7-6-11-8-22-10(2)18-11/h8,19H,3-7H2,1-2H3,(H,17,21). The first-order valence-corrected chi connectivity index (χ1v) is 8.38. The highest BCUT2D eigenvalue weighted by molar-refractivity contribution is 7.09. The van der Waals surface area contributed by atoms with Crippen LogP contribution in [-0.2, 0) is 12.8 Å². The average Bonchev–Trinajstić information content (AvgIpc) is 3.04. The number of carbonyl (C=O) groups is 2. The molecule has 0 atom stereocenters. The van der Waals surface area contributed by atoms with Crippen molar-refractivity contribution in [1.29, 1.82) is 0 Å². The third-order valence-corrected chi connectivity index (χ3v) is 4.82. The Morgan fingerprint density at radius 2 is 2.23 bits per heavy atom. The number of thiazole rings is 1. The number of Topliss-reactive ketones (excluding diaryl/α,β-unsaturated/α-hetero) is 1. The number of aryl methyl sites for hydroxylation is 2. The molecule has 2 heterocycles. The summed E-state index contributed by atoms with van der Waals surface area (Å²) in [7, 11) is 0. The number of fused-ring (bicyclic) bond motifs is 1. The molecule has 2 N–H and O–H groups in total. The topological polar surface area (TPSA) is 74.8 Å². The van der Waals surface area contributed by atoms with Gasteiger partial charge in [-0.3, -0.25) is 9.59 Å². The summed E-state index contributed by atoms with van der Waals surface area (Å²) in [5, 5.41) is 5.95. The van der Waals surface area contributed by atoms with Gasteiger partial charge in [0, 0.05) is 36.0 Å². The van der Waals surface area contributed by atoms with Crippen LogP contribution in [0.5, 0.6) is 0 Å². The minimum absolute atomic E-state index is 0.145. The molecule has 2 aromatic heterocycles. The Hall–Kier alpha value is -1.95. The maximum absolute atomic E-state index is 12.3. The van der Waals surface area contributed by atoms with E-state index in [1.54, 1.807) is 11.3 Å². The minimum atomic E-state index is -0.147. The molecule has 0 unspecified atom stereocenters. The van der Waals surface area contributed by atoms with Gasteiger partial charge in [0.2, 0.25) is 0 Å². The number of hydrogen-bond acceptors (Lipinski definition) is 4. The average molecular weight is 317 g/mol. The van der Waals surface area contributed by atoms with Crippen molar-refractivity contribution >= 4 is 23.0 Å². The molecular formula is C16H19N3O2S. The Morgan fingerprint density at radius 3 is 2.91 bits per heavy atom. The van der Waals surface area contributed by atoms with E-state index in [9.17, 15) is 9.59 Å². The predicted octanol–water partition coefficient (Wildman–Crippen LogP) is 2.58. The van der Waals surface area contributed by atoms with Gasteiger partial charge in [-0.05, 0) is 32.3 Å². The molecule has 2 aromatic rings. The van der Waals surface area contributed by atoms with E-state index < -0.39 is 0 Å². The fourth-order valence-corrected chi connectivity index (χ4v) is 3.56. The SMILES string of the molecule is Cc1nc(CCNC(=O)c2[nH]c3c(c2C)C(=O)CCC3)cs1. The van der Waals surface area contributed by atoms with E-state index in [4.69, 9.17) is 0 Å². The Kier molecular flexibility index (Phi) is 4.11. The smallest absolute Gasteiger partial charge is 0.268 e. The van der Waals surface area contributed by atoms with E-state index in [1.807, 2.05) is 19.2 Å². The van der Waals surface area contributed by atoms with Gasteiger partial charge in [0.1, 0.15) is 5.69 Å². The third kappa shape index (κ3) is 2.83. The first kappa shape index (κ1) is 15.0.